The third-order valence-corrected chi connectivity index (χ3v) is 4.20. The summed E-state index contributed by atoms with van der Waals surface area (Å²) in [5.41, 5.74) is 6.03. The van der Waals surface area contributed by atoms with Crippen molar-refractivity contribution < 1.29 is 9.53 Å². The Morgan fingerprint density at radius 2 is 1.52 bits per heavy atom. The van der Waals surface area contributed by atoms with Crippen LogP contribution >= 0.6 is 0 Å². The van der Waals surface area contributed by atoms with Crippen LogP contribution in [0.3, 0.4) is 0 Å². The number of carbonyl (C=O) groups is 1. The molecule has 0 bridgehead atoms. The largest absolute Gasteiger partial charge is 0.465 e. The van der Waals surface area contributed by atoms with Crippen LogP contribution in [0.1, 0.15) is 35.7 Å². The second-order valence-electron chi connectivity index (χ2n) is 5.98. The molecule has 2 nitrogen and oxygen atoms in total. The molecule has 0 amide bonds. The van der Waals surface area contributed by atoms with Crippen LogP contribution in [0.25, 0.3) is 22.3 Å². The maximum absolute atomic E-state index is 12.2. The van der Waals surface area contributed by atoms with Gasteiger partial charge < -0.3 is 4.74 Å². The molecule has 0 heterocycles. The Labute approximate surface area is 137 Å². The Balaban J connectivity index is 2.27. The molecule has 2 heteroatoms. The SMILES string of the molecule is COC(=O)c1cc(-c2ccccc2)c2ccc(C(C)C)ccc1-2. The number of carbonyl (C=O) groups excluding carboxylic acids is 1. The predicted octanol–water partition coefficient (Wildman–Crippen LogP) is 5.37. The lowest BCUT2D eigenvalue weighted by Gasteiger charge is -2.02. The highest BCUT2D eigenvalue weighted by molar-refractivity contribution is 6.04. The quantitative estimate of drug-likeness (QED) is 0.608. The van der Waals surface area contributed by atoms with E-state index in [0.717, 1.165) is 22.3 Å². The topological polar surface area (TPSA) is 26.3 Å². The van der Waals surface area contributed by atoms with Crippen LogP contribution in [-0.4, -0.2) is 13.1 Å². The molecule has 0 fully saturated rings. The number of fused-ring (bicyclic) bond motifs is 1. The fourth-order valence-electron chi connectivity index (χ4n) is 2.88. The third-order valence-electron chi connectivity index (χ3n) is 4.20. The smallest absolute Gasteiger partial charge is 0.338 e. The van der Waals surface area contributed by atoms with Crippen molar-refractivity contribution in [3.8, 4) is 22.3 Å². The van der Waals surface area contributed by atoms with E-state index >= 15 is 0 Å². The zero-order valence-corrected chi connectivity index (χ0v) is 13.7. The average Bonchev–Trinajstić information content (AvgIpc) is 2.78. The van der Waals surface area contributed by atoms with E-state index < -0.39 is 0 Å². The molecule has 0 radical (unpaired) electrons. The van der Waals surface area contributed by atoms with Crippen LogP contribution in [0.4, 0.5) is 0 Å². The molecule has 0 saturated heterocycles. The zero-order chi connectivity index (χ0) is 16.4. The summed E-state index contributed by atoms with van der Waals surface area (Å²) in [6.45, 7) is 4.33. The van der Waals surface area contributed by atoms with Crippen molar-refractivity contribution in [2.75, 3.05) is 7.11 Å². The van der Waals surface area contributed by atoms with Gasteiger partial charge in [0.1, 0.15) is 0 Å². The molecule has 3 rings (SSSR count). The molecule has 0 atom stereocenters. The number of hydrogen-bond acceptors (Lipinski definition) is 2. The first-order valence-electron chi connectivity index (χ1n) is 7.82. The molecule has 0 N–H and O–H groups in total. The first-order valence-corrected chi connectivity index (χ1v) is 7.82. The molecule has 0 aromatic heterocycles. The van der Waals surface area contributed by atoms with Gasteiger partial charge in [-0.25, -0.2) is 4.79 Å². The molecule has 0 unspecified atom stereocenters. The minimum absolute atomic E-state index is 0.297. The van der Waals surface area contributed by atoms with E-state index in [2.05, 4.69) is 44.2 Å². The highest BCUT2D eigenvalue weighted by Gasteiger charge is 2.21. The van der Waals surface area contributed by atoms with Gasteiger partial charge in [0.25, 0.3) is 0 Å². The summed E-state index contributed by atoms with van der Waals surface area (Å²) >= 11 is 0. The summed E-state index contributed by atoms with van der Waals surface area (Å²) in [5, 5.41) is 0. The lowest BCUT2D eigenvalue weighted by Crippen LogP contribution is -1.99. The van der Waals surface area contributed by atoms with Gasteiger partial charge in [-0.15, -0.1) is 0 Å². The summed E-state index contributed by atoms with van der Waals surface area (Å²) in [6.07, 6.45) is 0. The van der Waals surface area contributed by atoms with E-state index in [4.69, 9.17) is 4.74 Å². The number of esters is 1. The molecular weight excluding hydrogens is 284 g/mol. The number of ether oxygens (including phenoxy) is 1. The minimum Gasteiger partial charge on any atom is -0.465 e. The van der Waals surface area contributed by atoms with Crippen molar-refractivity contribution in [3.05, 3.63) is 71.8 Å². The van der Waals surface area contributed by atoms with Crippen molar-refractivity contribution in [1.29, 1.82) is 0 Å². The fourth-order valence-corrected chi connectivity index (χ4v) is 2.88. The van der Waals surface area contributed by atoms with Gasteiger partial charge in [0.2, 0.25) is 0 Å². The number of benzene rings is 1. The van der Waals surface area contributed by atoms with Crippen molar-refractivity contribution in [2.45, 2.75) is 19.8 Å². The first kappa shape index (κ1) is 15.3. The number of methoxy groups -OCH3 is 1. The van der Waals surface area contributed by atoms with Crippen LogP contribution in [0.15, 0.2) is 60.7 Å². The molecule has 0 aliphatic heterocycles. The number of rotatable bonds is 3. The summed E-state index contributed by atoms with van der Waals surface area (Å²) in [6, 6.07) is 20.4. The molecular formula is C21H20O2. The summed E-state index contributed by atoms with van der Waals surface area (Å²) in [4.78, 5) is 12.2. The van der Waals surface area contributed by atoms with Gasteiger partial charge in [-0.1, -0.05) is 68.4 Å². The summed E-state index contributed by atoms with van der Waals surface area (Å²) in [5.74, 6) is 0.141. The summed E-state index contributed by atoms with van der Waals surface area (Å²) in [7, 11) is 1.42. The lowest BCUT2D eigenvalue weighted by atomic mass is 10.0. The molecule has 23 heavy (non-hydrogen) atoms. The Hall–Kier alpha value is -2.61. The van der Waals surface area contributed by atoms with E-state index in [-0.39, 0.29) is 5.97 Å². The molecule has 2 aliphatic rings. The fraction of sp³-hybridized carbons (Fsp3) is 0.190. The van der Waals surface area contributed by atoms with E-state index in [9.17, 15) is 4.79 Å². The van der Waals surface area contributed by atoms with Crippen molar-refractivity contribution in [2.24, 2.45) is 0 Å². The molecule has 0 saturated carbocycles. The highest BCUT2D eigenvalue weighted by atomic mass is 16.5. The second kappa shape index (κ2) is 6.25. The van der Waals surface area contributed by atoms with Gasteiger partial charge in [0.05, 0.1) is 12.7 Å². The molecule has 1 aromatic rings. The van der Waals surface area contributed by atoms with Crippen LogP contribution < -0.4 is 0 Å². The monoisotopic (exact) mass is 304 g/mol. The van der Waals surface area contributed by atoms with Crippen LogP contribution in [-0.2, 0) is 4.74 Å². The lowest BCUT2D eigenvalue weighted by molar-refractivity contribution is 0.0602. The molecule has 0 spiro atoms. The zero-order valence-electron chi connectivity index (χ0n) is 13.7. The van der Waals surface area contributed by atoms with Gasteiger partial charge in [-0.2, -0.15) is 0 Å². The first-order chi connectivity index (χ1) is 11.1. The van der Waals surface area contributed by atoms with E-state index in [1.807, 2.05) is 30.3 Å². The second-order valence-corrected chi connectivity index (χ2v) is 5.98. The number of hydrogen-bond donors (Lipinski definition) is 0. The highest BCUT2D eigenvalue weighted by Crippen LogP contribution is 2.39. The van der Waals surface area contributed by atoms with Crippen molar-refractivity contribution >= 4 is 5.97 Å². The van der Waals surface area contributed by atoms with Crippen LogP contribution in [0.5, 0.6) is 0 Å². The van der Waals surface area contributed by atoms with Crippen LogP contribution in [0, 0.1) is 0 Å². The van der Waals surface area contributed by atoms with Gasteiger partial charge in [-0.05, 0) is 39.8 Å². The molecule has 1 aromatic carbocycles. The van der Waals surface area contributed by atoms with E-state index in [1.54, 1.807) is 0 Å². The van der Waals surface area contributed by atoms with Crippen molar-refractivity contribution in [1.82, 2.24) is 0 Å². The third kappa shape index (κ3) is 2.85. The van der Waals surface area contributed by atoms with Crippen LogP contribution in [0.2, 0.25) is 0 Å². The maximum Gasteiger partial charge on any atom is 0.338 e. The predicted molar refractivity (Wildman–Crippen MR) is 93.9 cm³/mol. The Kier molecular flexibility index (Phi) is 4.16. The van der Waals surface area contributed by atoms with E-state index in [1.165, 1.54) is 12.7 Å². The Morgan fingerprint density at radius 1 is 0.870 bits per heavy atom. The Morgan fingerprint density at radius 3 is 2.13 bits per heavy atom. The minimum atomic E-state index is -0.297. The molecule has 116 valence electrons. The Bertz CT molecular complexity index is 803. The van der Waals surface area contributed by atoms with Crippen molar-refractivity contribution in [3.63, 3.8) is 0 Å². The van der Waals surface area contributed by atoms with E-state index in [0.29, 0.717) is 11.5 Å². The summed E-state index contributed by atoms with van der Waals surface area (Å²) < 4.78 is 4.96. The normalized spacial score (nSPS) is 11.0. The van der Waals surface area contributed by atoms with Gasteiger partial charge >= 0.3 is 5.97 Å². The van der Waals surface area contributed by atoms with Gasteiger partial charge in [0.15, 0.2) is 0 Å². The standard InChI is InChI=1S/C21H20O2/c1-14(2)15-9-11-17-18(12-10-15)20(21(22)23-3)13-19(17)16-7-5-4-6-8-16/h4-14H,1-3H3. The maximum atomic E-state index is 12.2. The molecule has 2 aliphatic carbocycles. The average molecular weight is 304 g/mol. The van der Waals surface area contributed by atoms with Gasteiger partial charge in [0, 0.05) is 0 Å². The van der Waals surface area contributed by atoms with Gasteiger partial charge in [-0.3, -0.25) is 0 Å².